The van der Waals surface area contributed by atoms with Gasteiger partial charge < -0.3 is 18.9 Å². The highest BCUT2D eigenvalue weighted by Crippen LogP contribution is 2.45. The van der Waals surface area contributed by atoms with Crippen molar-refractivity contribution in [3.63, 3.8) is 0 Å². The molecule has 0 amide bonds. The molecule has 5 nitrogen and oxygen atoms in total. The second-order valence-electron chi connectivity index (χ2n) is 6.68. The zero-order valence-corrected chi connectivity index (χ0v) is 18.5. The van der Waals surface area contributed by atoms with Crippen LogP contribution >= 0.6 is 39.0 Å². The molecule has 0 unspecified atom stereocenters. The summed E-state index contributed by atoms with van der Waals surface area (Å²) in [7, 11) is 1.76. The van der Waals surface area contributed by atoms with Crippen LogP contribution in [0.5, 0.6) is 0 Å². The van der Waals surface area contributed by atoms with Gasteiger partial charge in [0.1, 0.15) is 15.2 Å². The zero-order valence-electron chi connectivity index (χ0n) is 15.3. The second kappa shape index (κ2) is 8.10. The fourth-order valence-electron chi connectivity index (χ4n) is 3.37. The van der Waals surface area contributed by atoms with Crippen LogP contribution in [0.25, 0.3) is 0 Å². The Labute approximate surface area is 175 Å². The Balaban J connectivity index is 1.52. The Kier molecular flexibility index (Phi) is 5.95. The zero-order chi connectivity index (χ0) is 18.9. The van der Waals surface area contributed by atoms with Gasteiger partial charge in [-0.1, -0.05) is 23.9 Å². The first-order valence-electron chi connectivity index (χ1n) is 8.91. The van der Waals surface area contributed by atoms with E-state index in [4.69, 9.17) is 23.9 Å². The Morgan fingerprint density at radius 3 is 2.41 bits per heavy atom. The van der Waals surface area contributed by atoms with E-state index in [1.54, 1.807) is 30.2 Å². The van der Waals surface area contributed by atoms with Crippen molar-refractivity contribution in [3.05, 3.63) is 39.4 Å². The molecule has 146 valence electrons. The monoisotopic (exact) mass is 471 g/mol. The fourth-order valence-corrected chi connectivity index (χ4v) is 6.37. The summed E-state index contributed by atoms with van der Waals surface area (Å²) in [6, 6.07) is 8.34. The summed E-state index contributed by atoms with van der Waals surface area (Å²) in [5, 5.41) is 1.01. The lowest BCUT2D eigenvalue weighted by Crippen LogP contribution is -2.35. The minimum atomic E-state index is -0.630. The average molecular weight is 472 g/mol. The van der Waals surface area contributed by atoms with Crippen molar-refractivity contribution in [2.24, 2.45) is 0 Å². The standard InChI is InChI=1S/C19H22BrNO4S2/c1-18(24-11-12-25-18)13-3-5-14(6-4-13)26-16-15(20)21-17(27-16)19(22-2)7-9-23-10-8-19/h3-6H,7-12H2,1-2H3. The molecule has 3 heterocycles. The third-order valence-corrected chi connectivity index (χ3v) is 8.59. The van der Waals surface area contributed by atoms with E-state index in [0.717, 1.165) is 37.1 Å². The molecule has 4 rings (SSSR count). The number of methoxy groups -OCH3 is 1. The summed E-state index contributed by atoms with van der Waals surface area (Å²) >= 11 is 7.01. The van der Waals surface area contributed by atoms with Crippen molar-refractivity contribution >= 4 is 39.0 Å². The molecule has 0 bridgehead atoms. The van der Waals surface area contributed by atoms with Crippen LogP contribution in [0.3, 0.4) is 0 Å². The third kappa shape index (κ3) is 3.99. The molecule has 0 radical (unpaired) electrons. The van der Waals surface area contributed by atoms with Gasteiger partial charge in [-0.2, -0.15) is 0 Å². The van der Waals surface area contributed by atoms with E-state index in [1.165, 1.54) is 0 Å². The van der Waals surface area contributed by atoms with Gasteiger partial charge in [0, 0.05) is 43.6 Å². The molecule has 2 aromatic rings. The van der Waals surface area contributed by atoms with Crippen LogP contribution in [0.2, 0.25) is 0 Å². The summed E-state index contributed by atoms with van der Waals surface area (Å²) in [4.78, 5) is 5.91. The maximum absolute atomic E-state index is 5.88. The molecular weight excluding hydrogens is 450 g/mol. The van der Waals surface area contributed by atoms with E-state index in [-0.39, 0.29) is 5.60 Å². The van der Waals surface area contributed by atoms with E-state index in [1.807, 2.05) is 6.92 Å². The first-order valence-corrected chi connectivity index (χ1v) is 11.3. The summed E-state index contributed by atoms with van der Waals surface area (Å²) in [6.07, 6.45) is 1.67. The number of halogens is 1. The lowest BCUT2D eigenvalue weighted by Gasteiger charge is -2.33. The number of nitrogens with zero attached hydrogens (tertiary/aromatic N) is 1. The van der Waals surface area contributed by atoms with Gasteiger partial charge in [-0.25, -0.2) is 4.98 Å². The number of thiazole rings is 1. The van der Waals surface area contributed by atoms with Gasteiger partial charge in [0.15, 0.2) is 5.79 Å². The number of hydrogen-bond acceptors (Lipinski definition) is 7. The molecule has 2 aliphatic heterocycles. The van der Waals surface area contributed by atoms with Gasteiger partial charge in [-0.05, 0) is 35.0 Å². The summed E-state index contributed by atoms with van der Waals surface area (Å²) in [5.74, 6) is -0.630. The van der Waals surface area contributed by atoms with Crippen molar-refractivity contribution in [2.45, 2.75) is 40.3 Å². The quantitative estimate of drug-likeness (QED) is 0.615. The molecular formula is C19H22BrNO4S2. The van der Waals surface area contributed by atoms with Crippen LogP contribution in [0, 0.1) is 0 Å². The Morgan fingerprint density at radius 2 is 1.78 bits per heavy atom. The van der Waals surface area contributed by atoms with Crippen molar-refractivity contribution in [3.8, 4) is 0 Å². The minimum Gasteiger partial charge on any atom is -0.381 e. The molecule has 0 spiro atoms. The summed E-state index contributed by atoms with van der Waals surface area (Å²) < 4.78 is 24.8. The fraction of sp³-hybridized carbons (Fsp3) is 0.526. The van der Waals surface area contributed by atoms with E-state index in [2.05, 4.69) is 40.2 Å². The van der Waals surface area contributed by atoms with Crippen LogP contribution < -0.4 is 0 Å². The van der Waals surface area contributed by atoms with Gasteiger partial charge in [0.25, 0.3) is 0 Å². The third-order valence-electron chi connectivity index (χ3n) is 5.07. The molecule has 2 aliphatic rings. The average Bonchev–Trinajstić information content (AvgIpc) is 3.30. The largest absolute Gasteiger partial charge is 0.381 e. The van der Waals surface area contributed by atoms with E-state index in [9.17, 15) is 0 Å². The van der Waals surface area contributed by atoms with Gasteiger partial charge in [0.05, 0.1) is 17.4 Å². The van der Waals surface area contributed by atoms with Crippen molar-refractivity contribution in [1.29, 1.82) is 0 Å². The number of hydrogen-bond donors (Lipinski definition) is 0. The maximum Gasteiger partial charge on any atom is 0.192 e. The first kappa shape index (κ1) is 19.8. The summed E-state index contributed by atoms with van der Waals surface area (Å²) in [5.41, 5.74) is 0.703. The predicted molar refractivity (Wildman–Crippen MR) is 108 cm³/mol. The lowest BCUT2D eigenvalue weighted by atomic mass is 9.95. The highest BCUT2D eigenvalue weighted by molar-refractivity contribution is 9.10. The molecule has 0 aliphatic carbocycles. The molecule has 27 heavy (non-hydrogen) atoms. The number of ether oxygens (including phenoxy) is 4. The van der Waals surface area contributed by atoms with Gasteiger partial charge in [0.2, 0.25) is 0 Å². The first-order chi connectivity index (χ1) is 13.0. The Morgan fingerprint density at radius 1 is 1.11 bits per heavy atom. The van der Waals surface area contributed by atoms with Crippen LogP contribution in [0.4, 0.5) is 0 Å². The molecule has 8 heteroatoms. The van der Waals surface area contributed by atoms with Crippen molar-refractivity contribution < 1.29 is 18.9 Å². The maximum atomic E-state index is 5.88. The smallest absolute Gasteiger partial charge is 0.192 e. The minimum absolute atomic E-state index is 0.333. The molecule has 2 saturated heterocycles. The number of rotatable bonds is 5. The van der Waals surface area contributed by atoms with Gasteiger partial charge >= 0.3 is 0 Å². The SMILES string of the molecule is COC1(c2nc(Br)c(Sc3ccc(C4(C)OCCO4)cc3)s2)CCOCC1. The number of aromatic nitrogens is 1. The predicted octanol–water partition coefficient (Wildman–Crippen LogP) is 4.93. The Hall–Kier alpha value is -0.480. The highest BCUT2D eigenvalue weighted by atomic mass is 79.9. The van der Waals surface area contributed by atoms with E-state index >= 15 is 0 Å². The van der Waals surface area contributed by atoms with Crippen molar-refractivity contribution in [2.75, 3.05) is 33.5 Å². The highest BCUT2D eigenvalue weighted by Gasteiger charge is 2.38. The van der Waals surface area contributed by atoms with Crippen molar-refractivity contribution in [1.82, 2.24) is 4.98 Å². The number of benzene rings is 1. The van der Waals surface area contributed by atoms with Crippen LogP contribution in [0.15, 0.2) is 38.0 Å². The van der Waals surface area contributed by atoms with Crippen LogP contribution in [-0.2, 0) is 30.3 Å². The van der Waals surface area contributed by atoms with E-state index < -0.39 is 5.79 Å². The molecule has 0 N–H and O–H groups in total. The molecule has 0 atom stereocenters. The Bertz CT molecular complexity index is 784. The van der Waals surface area contributed by atoms with Crippen LogP contribution in [0.1, 0.15) is 30.3 Å². The van der Waals surface area contributed by atoms with Gasteiger partial charge in [-0.15, -0.1) is 11.3 Å². The molecule has 0 saturated carbocycles. The topological polar surface area (TPSA) is 49.8 Å². The van der Waals surface area contributed by atoms with E-state index in [0.29, 0.717) is 26.4 Å². The van der Waals surface area contributed by atoms with Gasteiger partial charge in [-0.3, -0.25) is 0 Å². The second-order valence-corrected chi connectivity index (χ2v) is 9.77. The van der Waals surface area contributed by atoms with Crippen LogP contribution in [-0.4, -0.2) is 38.5 Å². The molecule has 2 fully saturated rings. The molecule has 1 aromatic heterocycles. The summed E-state index contributed by atoms with van der Waals surface area (Å²) in [6.45, 7) is 4.65. The molecule has 1 aromatic carbocycles. The normalized spacial score (nSPS) is 21.4. The lowest BCUT2D eigenvalue weighted by molar-refractivity contribution is -0.149.